The lowest BCUT2D eigenvalue weighted by Crippen LogP contribution is -2.30. The average molecular weight is 536 g/mol. The van der Waals surface area contributed by atoms with E-state index in [1.54, 1.807) is 31.2 Å². The molecule has 38 heavy (non-hydrogen) atoms. The van der Waals surface area contributed by atoms with Gasteiger partial charge in [-0.25, -0.2) is 0 Å². The number of esters is 1. The van der Waals surface area contributed by atoms with E-state index in [-0.39, 0.29) is 42.4 Å². The SMILES string of the molecule is CCOC(=O)C(C)(C)Cc1c(C(=O)C2CCCCC2)c2cc(C(C)C)ccn2c1C(=O)c1ccc(Cl)cc1. The molecule has 202 valence electrons. The molecule has 0 radical (unpaired) electrons. The third kappa shape index (κ3) is 5.58. The van der Waals surface area contributed by atoms with Gasteiger partial charge in [-0.1, -0.05) is 44.7 Å². The van der Waals surface area contributed by atoms with Gasteiger partial charge in [0.1, 0.15) is 0 Å². The van der Waals surface area contributed by atoms with Crippen LogP contribution < -0.4 is 0 Å². The molecule has 1 aromatic carbocycles. The van der Waals surface area contributed by atoms with E-state index in [9.17, 15) is 14.4 Å². The smallest absolute Gasteiger partial charge is 0.311 e. The first-order chi connectivity index (χ1) is 18.0. The number of carbonyl (C=O) groups is 3. The van der Waals surface area contributed by atoms with Crippen molar-refractivity contribution in [3.05, 3.63) is 75.6 Å². The fourth-order valence-electron chi connectivity index (χ4n) is 5.52. The van der Waals surface area contributed by atoms with Gasteiger partial charge in [0.05, 0.1) is 23.2 Å². The number of aromatic nitrogens is 1. The van der Waals surface area contributed by atoms with Crippen LogP contribution in [0.1, 0.15) is 110 Å². The topological polar surface area (TPSA) is 64.8 Å². The number of hydrogen-bond acceptors (Lipinski definition) is 4. The Morgan fingerprint density at radius 1 is 1.05 bits per heavy atom. The van der Waals surface area contributed by atoms with E-state index in [2.05, 4.69) is 13.8 Å². The van der Waals surface area contributed by atoms with E-state index >= 15 is 0 Å². The van der Waals surface area contributed by atoms with Crippen LogP contribution in [0, 0.1) is 11.3 Å². The third-order valence-corrected chi connectivity index (χ3v) is 7.97. The zero-order chi connectivity index (χ0) is 27.6. The number of halogens is 1. The number of ketones is 2. The Bertz CT molecular complexity index is 1340. The normalized spacial score (nSPS) is 14.7. The Balaban J connectivity index is 2.00. The molecule has 3 aromatic rings. The number of ether oxygens (including phenoxy) is 1. The zero-order valence-corrected chi connectivity index (χ0v) is 23.9. The van der Waals surface area contributed by atoms with Gasteiger partial charge in [0.2, 0.25) is 5.78 Å². The van der Waals surface area contributed by atoms with Gasteiger partial charge >= 0.3 is 5.97 Å². The van der Waals surface area contributed by atoms with Gasteiger partial charge in [-0.05, 0) is 93.5 Å². The monoisotopic (exact) mass is 535 g/mol. The molecule has 5 nitrogen and oxygen atoms in total. The van der Waals surface area contributed by atoms with E-state index in [1.807, 2.05) is 36.6 Å². The van der Waals surface area contributed by atoms with Crippen LogP contribution in [0.5, 0.6) is 0 Å². The van der Waals surface area contributed by atoms with Gasteiger partial charge in [-0.3, -0.25) is 14.4 Å². The highest BCUT2D eigenvalue weighted by molar-refractivity contribution is 6.30. The molecule has 2 aromatic heterocycles. The van der Waals surface area contributed by atoms with Crippen LogP contribution in [0.3, 0.4) is 0 Å². The number of Topliss-reactive ketones (excluding diaryl/α,β-unsaturated/α-hetero) is 1. The molecule has 1 aliphatic carbocycles. The standard InChI is InChI=1S/C32H38ClNO4/c1-6-38-31(37)32(4,5)19-25-27(29(35)21-10-8-7-9-11-21)26-18-23(20(2)3)16-17-34(26)28(25)30(36)22-12-14-24(33)15-13-22/h12-18,20-21H,6-11,19H2,1-5H3. The second kappa shape index (κ2) is 11.4. The third-order valence-electron chi connectivity index (χ3n) is 7.72. The van der Waals surface area contributed by atoms with Gasteiger partial charge in [0.15, 0.2) is 5.78 Å². The highest BCUT2D eigenvalue weighted by Gasteiger charge is 2.37. The molecule has 0 amide bonds. The van der Waals surface area contributed by atoms with Crippen molar-refractivity contribution >= 4 is 34.7 Å². The van der Waals surface area contributed by atoms with Crippen molar-refractivity contribution in [3.63, 3.8) is 0 Å². The quantitative estimate of drug-likeness (QED) is 0.207. The van der Waals surface area contributed by atoms with Gasteiger partial charge in [0, 0.05) is 28.3 Å². The molecule has 0 aliphatic heterocycles. The molecule has 4 rings (SSSR count). The second-order valence-electron chi connectivity index (χ2n) is 11.4. The fraction of sp³-hybridized carbons (Fsp3) is 0.469. The zero-order valence-electron chi connectivity index (χ0n) is 23.1. The summed E-state index contributed by atoms with van der Waals surface area (Å²) in [6, 6.07) is 10.8. The van der Waals surface area contributed by atoms with Crippen molar-refractivity contribution in [1.29, 1.82) is 0 Å². The average Bonchev–Trinajstić information content (AvgIpc) is 3.21. The maximum Gasteiger partial charge on any atom is 0.311 e. The van der Waals surface area contributed by atoms with Crippen molar-refractivity contribution in [3.8, 4) is 0 Å². The summed E-state index contributed by atoms with van der Waals surface area (Å²) in [5.41, 5.74) is 3.00. The summed E-state index contributed by atoms with van der Waals surface area (Å²) >= 11 is 6.11. The minimum atomic E-state index is -0.932. The first kappa shape index (κ1) is 28.1. The summed E-state index contributed by atoms with van der Waals surface area (Å²) in [6.07, 6.45) is 7.00. The fourth-order valence-corrected chi connectivity index (χ4v) is 5.65. The highest BCUT2D eigenvalue weighted by Crippen LogP contribution is 2.37. The largest absolute Gasteiger partial charge is 0.466 e. The number of nitrogens with zero attached hydrogens (tertiary/aromatic N) is 1. The van der Waals surface area contributed by atoms with Crippen LogP contribution in [0.25, 0.3) is 5.52 Å². The number of hydrogen-bond donors (Lipinski definition) is 0. The molecule has 6 heteroatoms. The number of carbonyl (C=O) groups excluding carboxylic acids is 3. The van der Waals surface area contributed by atoms with Crippen LogP contribution >= 0.6 is 11.6 Å². The number of benzene rings is 1. The first-order valence-electron chi connectivity index (χ1n) is 13.7. The molecular formula is C32H38ClNO4. The first-order valence-corrected chi connectivity index (χ1v) is 14.1. The van der Waals surface area contributed by atoms with Crippen molar-refractivity contribution in [2.75, 3.05) is 6.61 Å². The van der Waals surface area contributed by atoms with Crippen LogP contribution in [0.2, 0.25) is 5.02 Å². The Labute approximate surface area is 230 Å². The minimum Gasteiger partial charge on any atom is -0.466 e. The van der Waals surface area contributed by atoms with Crippen LogP contribution in [0.4, 0.5) is 0 Å². The van der Waals surface area contributed by atoms with Crippen LogP contribution in [0.15, 0.2) is 42.6 Å². The summed E-state index contributed by atoms with van der Waals surface area (Å²) in [5, 5.41) is 0.542. The lowest BCUT2D eigenvalue weighted by molar-refractivity contribution is -0.153. The molecule has 0 saturated heterocycles. The molecule has 0 spiro atoms. The van der Waals surface area contributed by atoms with E-state index < -0.39 is 5.41 Å². The minimum absolute atomic E-state index is 0.0768. The van der Waals surface area contributed by atoms with Gasteiger partial charge in [-0.15, -0.1) is 0 Å². The molecule has 0 atom stereocenters. The van der Waals surface area contributed by atoms with Crippen molar-refractivity contribution < 1.29 is 19.1 Å². The van der Waals surface area contributed by atoms with E-state index in [0.717, 1.165) is 43.2 Å². The number of rotatable bonds is 9. The van der Waals surface area contributed by atoms with E-state index in [1.165, 1.54) is 0 Å². The van der Waals surface area contributed by atoms with E-state index in [0.29, 0.717) is 27.4 Å². The van der Waals surface area contributed by atoms with Crippen LogP contribution in [-0.4, -0.2) is 28.5 Å². The molecule has 1 fully saturated rings. The predicted molar refractivity (Wildman–Crippen MR) is 151 cm³/mol. The van der Waals surface area contributed by atoms with Crippen molar-refractivity contribution in [2.24, 2.45) is 11.3 Å². The molecule has 2 heterocycles. The summed E-state index contributed by atoms with van der Waals surface area (Å²) in [5.74, 6) is -0.304. The van der Waals surface area contributed by atoms with E-state index in [4.69, 9.17) is 16.3 Å². The molecule has 0 N–H and O–H groups in total. The molecule has 0 bridgehead atoms. The molecule has 1 saturated carbocycles. The molecule has 0 unspecified atom stereocenters. The Kier molecular flexibility index (Phi) is 8.46. The Morgan fingerprint density at radius 2 is 1.71 bits per heavy atom. The van der Waals surface area contributed by atoms with Crippen molar-refractivity contribution in [2.45, 2.75) is 79.1 Å². The van der Waals surface area contributed by atoms with Gasteiger partial charge in [-0.2, -0.15) is 0 Å². The number of fused-ring (bicyclic) bond motifs is 1. The maximum atomic E-state index is 14.3. The van der Waals surface area contributed by atoms with Gasteiger partial charge < -0.3 is 9.14 Å². The maximum absolute atomic E-state index is 14.3. The van der Waals surface area contributed by atoms with Crippen LogP contribution in [-0.2, 0) is 16.0 Å². The lowest BCUT2D eigenvalue weighted by Gasteiger charge is -2.25. The predicted octanol–water partition coefficient (Wildman–Crippen LogP) is 7.84. The Morgan fingerprint density at radius 3 is 2.32 bits per heavy atom. The van der Waals surface area contributed by atoms with Crippen molar-refractivity contribution in [1.82, 2.24) is 4.40 Å². The second-order valence-corrected chi connectivity index (χ2v) is 11.8. The summed E-state index contributed by atoms with van der Waals surface area (Å²) in [6.45, 7) is 9.91. The summed E-state index contributed by atoms with van der Waals surface area (Å²) in [7, 11) is 0. The highest BCUT2D eigenvalue weighted by atomic mass is 35.5. The molecular weight excluding hydrogens is 498 g/mol. The summed E-state index contributed by atoms with van der Waals surface area (Å²) in [4.78, 5) is 41.4. The summed E-state index contributed by atoms with van der Waals surface area (Å²) < 4.78 is 7.24. The Hall–Kier alpha value is -2.92. The van der Waals surface area contributed by atoms with Gasteiger partial charge in [0.25, 0.3) is 0 Å². The lowest BCUT2D eigenvalue weighted by atomic mass is 9.79. The number of pyridine rings is 1. The molecule has 1 aliphatic rings.